The van der Waals surface area contributed by atoms with Crippen LogP contribution in [0.5, 0.6) is 0 Å². The molecule has 0 bridgehead atoms. The van der Waals surface area contributed by atoms with Gasteiger partial charge in [0.2, 0.25) is 0 Å². The van der Waals surface area contributed by atoms with E-state index in [9.17, 15) is 12.8 Å². The number of ether oxygens (including phenoxy) is 10. The Morgan fingerprint density at radius 2 is 0.651 bits per heavy atom. The lowest BCUT2D eigenvalue weighted by Crippen LogP contribution is -2.15. The Balaban J connectivity index is 1.67. The topological polar surface area (TPSA) is 136 Å². The first-order chi connectivity index (χ1) is 21.2. The molecule has 0 saturated carbocycles. The summed E-state index contributed by atoms with van der Waals surface area (Å²) in [7, 11) is -3.76. The molecule has 0 saturated heterocycles. The van der Waals surface area contributed by atoms with E-state index in [4.69, 9.17) is 51.6 Å². The second-order valence-electron chi connectivity index (χ2n) is 8.40. The summed E-state index contributed by atoms with van der Waals surface area (Å²) in [6.45, 7) is 7.70. The van der Waals surface area contributed by atoms with Crippen molar-refractivity contribution in [2.75, 3.05) is 145 Å². The largest absolute Gasteiger partial charge is 0.377 e. The minimum atomic E-state index is -3.76. The standard InChI is InChI=1S/C28H49FO13S/c29-6-7-32-8-9-33-10-11-34-12-13-35-14-15-36-16-17-37-18-19-38-20-21-39-22-23-40-24-25-41-26-27-42-43(30,31)28-4-2-1-3-5-28/h1-5H,6-27H2. The van der Waals surface area contributed by atoms with Gasteiger partial charge in [-0.25, -0.2) is 4.39 Å². The molecule has 1 aromatic rings. The Morgan fingerprint density at radius 3 is 0.930 bits per heavy atom. The van der Waals surface area contributed by atoms with Crippen molar-refractivity contribution in [3.05, 3.63) is 30.3 Å². The fourth-order valence-corrected chi connectivity index (χ4v) is 3.91. The monoisotopic (exact) mass is 644 g/mol. The van der Waals surface area contributed by atoms with E-state index < -0.39 is 16.8 Å². The van der Waals surface area contributed by atoms with Gasteiger partial charge in [0.15, 0.2) is 0 Å². The summed E-state index contributed by atoms with van der Waals surface area (Å²) in [5.41, 5.74) is 0. The van der Waals surface area contributed by atoms with Gasteiger partial charge < -0.3 is 47.4 Å². The third kappa shape index (κ3) is 26.8. The molecule has 1 aromatic carbocycles. The molecule has 0 aromatic heterocycles. The number of hydrogen-bond acceptors (Lipinski definition) is 13. The van der Waals surface area contributed by atoms with Crippen LogP contribution in [-0.2, 0) is 61.7 Å². The maximum absolute atomic E-state index is 11.9. The van der Waals surface area contributed by atoms with E-state index in [-0.39, 0.29) is 24.7 Å². The molecule has 0 aliphatic rings. The summed E-state index contributed by atoms with van der Waals surface area (Å²) in [6.07, 6.45) is 0. The number of benzene rings is 1. The fourth-order valence-electron chi connectivity index (χ4n) is 2.99. The van der Waals surface area contributed by atoms with Crippen LogP contribution in [-0.4, -0.2) is 154 Å². The average molecular weight is 645 g/mol. The lowest BCUT2D eigenvalue weighted by Gasteiger charge is -2.09. The average Bonchev–Trinajstić information content (AvgIpc) is 3.02. The molecule has 0 radical (unpaired) electrons. The van der Waals surface area contributed by atoms with Crippen LogP contribution in [0, 0.1) is 0 Å². The molecule has 0 aliphatic carbocycles. The van der Waals surface area contributed by atoms with Crippen molar-refractivity contribution in [2.45, 2.75) is 4.90 Å². The highest BCUT2D eigenvalue weighted by molar-refractivity contribution is 7.86. The SMILES string of the molecule is O=S(=O)(OCCOCCOCCOCCOCCOCCOCCOCCOCCOCCOCCF)c1ccccc1. The Labute approximate surface area is 255 Å². The summed E-state index contributed by atoms with van der Waals surface area (Å²) in [5, 5.41) is 0. The van der Waals surface area contributed by atoms with E-state index in [1.807, 2.05) is 0 Å². The van der Waals surface area contributed by atoms with Crippen LogP contribution in [0.15, 0.2) is 35.2 Å². The molecular formula is C28H49FO13S. The molecule has 15 heteroatoms. The number of rotatable bonds is 34. The summed E-state index contributed by atoms with van der Waals surface area (Å²) in [6, 6.07) is 7.96. The minimum Gasteiger partial charge on any atom is -0.377 e. The molecule has 0 aliphatic heterocycles. The molecule has 1 rings (SSSR count). The molecule has 0 N–H and O–H groups in total. The molecule has 0 heterocycles. The Bertz CT molecular complexity index is 805. The van der Waals surface area contributed by atoms with Gasteiger partial charge in [-0.1, -0.05) is 18.2 Å². The minimum absolute atomic E-state index is 0.0614. The third-order valence-corrected chi connectivity index (χ3v) is 6.39. The maximum Gasteiger partial charge on any atom is 0.297 e. The van der Waals surface area contributed by atoms with Crippen molar-refractivity contribution in [1.29, 1.82) is 0 Å². The highest BCUT2D eigenvalue weighted by Gasteiger charge is 2.13. The van der Waals surface area contributed by atoms with Gasteiger partial charge >= 0.3 is 0 Å². The van der Waals surface area contributed by atoms with Crippen LogP contribution in [0.3, 0.4) is 0 Å². The first-order valence-corrected chi connectivity index (χ1v) is 15.9. The van der Waals surface area contributed by atoms with E-state index in [2.05, 4.69) is 0 Å². The highest BCUT2D eigenvalue weighted by Crippen LogP contribution is 2.10. The molecular weight excluding hydrogens is 595 g/mol. The second kappa shape index (κ2) is 30.7. The van der Waals surface area contributed by atoms with E-state index >= 15 is 0 Å². The molecule has 43 heavy (non-hydrogen) atoms. The molecule has 0 atom stereocenters. The molecule has 0 unspecified atom stereocenters. The summed E-state index contributed by atoms with van der Waals surface area (Å²) < 4.78 is 94.1. The molecule has 252 valence electrons. The smallest absolute Gasteiger partial charge is 0.297 e. The van der Waals surface area contributed by atoms with Crippen molar-refractivity contribution in [2.24, 2.45) is 0 Å². The van der Waals surface area contributed by atoms with Gasteiger partial charge in [0.1, 0.15) is 6.67 Å². The maximum atomic E-state index is 11.9. The lowest BCUT2D eigenvalue weighted by molar-refractivity contribution is -0.0268. The van der Waals surface area contributed by atoms with Gasteiger partial charge in [-0.15, -0.1) is 0 Å². The third-order valence-electron chi connectivity index (χ3n) is 5.07. The predicted octanol–water partition coefficient (Wildman–Crippen LogP) is 1.53. The molecule has 13 nitrogen and oxygen atoms in total. The van der Waals surface area contributed by atoms with Crippen molar-refractivity contribution in [1.82, 2.24) is 0 Å². The zero-order chi connectivity index (χ0) is 30.9. The van der Waals surface area contributed by atoms with Crippen molar-refractivity contribution < 1.29 is 64.4 Å². The second-order valence-corrected chi connectivity index (χ2v) is 10.0. The number of halogens is 1. The Morgan fingerprint density at radius 1 is 0.395 bits per heavy atom. The summed E-state index contributed by atoms with van der Waals surface area (Å²) >= 11 is 0. The fraction of sp³-hybridized carbons (Fsp3) is 0.786. The first-order valence-electron chi connectivity index (χ1n) is 14.4. The number of alkyl halides is 1. The van der Waals surface area contributed by atoms with Gasteiger partial charge in [-0.3, -0.25) is 4.18 Å². The molecule has 0 amide bonds. The van der Waals surface area contributed by atoms with Crippen molar-refractivity contribution in [3.8, 4) is 0 Å². The van der Waals surface area contributed by atoms with Gasteiger partial charge in [-0.05, 0) is 12.1 Å². The van der Waals surface area contributed by atoms with Gasteiger partial charge in [-0.2, -0.15) is 8.42 Å². The van der Waals surface area contributed by atoms with Crippen molar-refractivity contribution >= 4 is 10.1 Å². The first kappa shape index (κ1) is 39.7. The van der Waals surface area contributed by atoms with Crippen LogP contribution in [0.4, 0.5) is 4.39 Å². The highest BCUT2D eigenvalue weighted by atomic mass is 32.2. The summed E-state index contributed by atoms with van der Waals surface area (Å²) in [5.74, 6) is 0. The van der Waals surface area contributed by atoms with E-state index in [0.29, 0.717) is 119 Å². The van der Waals surface area contributed by atoms with E-state index in [0.717, 1.165) is 0 Å². The Kier molecular flexibility index (Phi) is 28.3. The van der Waals surface area contributed by atoms with Crippen LogP contribution < -0.4 is 0 Å². The lowest BCUT2D eigenvalue weighted by atomic mass is 10.4. The van der Waals surface area contributed by atoms with E-state index in [1.165, 1.54) is 12.1 Å². The number of hydrogen-bond donors (Lipinski definition) is 0. The van der Waals surface area contributed by atoms with E-state index in [1.54, 1.807) is 18.2 Å². The van der Waals surface area contributed by atoms with Crippen LogP contribution in [0.25, 0.3) is 0 Å². The quantitative estimate of drug-likeness (QED) is 0.0793. The van der Waals surface area contributed by atoms with Gasteiger partial charge in [0, 0.05) is 0 Å². The zero-order valence-corrected chi connectivity index (χ0v) is 25.9. The Hall–Kier alpha value is -1.34. The van der Waals surface area contributed by atoms with Gasteiger partial charge in [0.25, 0.3) is 10.1 Å². The van der Waals surface area contributed by atoms with Crippen LogP contribution >= 0.6 is 0 Å². The summed E-state index contributed by atoms with van der Waals surface area (Å²) in [4.78, 5) is 0.117. The van der Waals surface area contributed by atoms with Gasteiger partial charge in [0.05, 0.1) is 144 Å². The molecule has 0 fully saturated rings. The normalized spacial score (nSPS) is 11.8. The van der Waals surface area contributed by atoms with Crippen LogP contribution in [0.1, 0.15) is 0 Å². The molecule has 0 spiro atoms. The zero-order valence-electron chi connectivity index (χ0n) is 25.0. The van der Waals surface area contributed by atoms with Crippen LogP contribution in [0.2, 0.25) is 0 Å². The van der Waals surface area contributed by atoms with Crippen molar-refractivity contribution in [3.63, 3.8) is 0 Å². The predicted molar refractivity (Wildman–Crippen MR) is 154 cm³/mol.